The summed E-state index contributed by atoms with van der Waals surface area (Å²) in [6.45, 7) is 4.31. The third kappa shape index (κ3) is 3.37. The van der Waals surface area contributed by atoms with Crippen LogP contribution in [0.5, 0.6) is 0 Å². The van der Waals surface area contributed by atoms with E-state index in [-0.39, 0.29) is 0 Å². The van der Waals surface area contributed by atoms with Gasteiger partial charge < -0.3 is 15.5 Å². The SMILES string of the molecule is C[C@@H](NC(=S)NCCN(C)C)C12CC3CC(CC(C3)C1)C2. The van der Waals surface area contributed by atoms with Gasteiger partial charge in [0.2, 0.25) is 0 Å². The molecule has 4 heteroatoms. The van der Waals surface area contributed by atoms with Gasteiger partial charge in [-0.2, -0.15) is 0 Å². The maximum absolute atomic E-state index is 5.50. The molecule has 120 valence electrons. The first-order valence-electron chi connectivity index (χ1n) is 8.66. The zero-order chi connectivity index (χ0) is 15.0. The van der Waals surface area contributed by atoms with Crippen LogP contribution in [0.3, 0.4) is 0 Å². The Morgan fingerprint density at radius 3 is 2.14 bits per heavy atom. The van der Waals surface area contributed by atoms with E-state index < -0.39 is 0 Å². The molecular weight excluding hydrogens is 278 g/mol. The third-order valence-electron chi connectivity index (χ3n) is 6.20. The van der Waals surface area contributed by atoms with Crippen LogP contribution in [0.4, 0.5) is 0 Å². The summed E-state index contributed by atoms with van der Waals surface area (Å²) in [5, 5.41) is 7.82. The molecule has 0 saturated heterocycles. The van der Waals surface area contributed by atoms with Gasteiger partial charge >= 0.3 is 0 Å². The second-order valence-electron chi connectivity index (χ2n) is 8.21. The number of thiocarbonyl (C=S) groups is 1. The highest BCUT2D eigenvalue weighted by atomic mass is 32.1. The minimum atomic E-state index is 0.519. The number of likely N-dealkylation sites (N-methyl/N-ethyl adjacent to an activating group) is 1. The molecule has 4 rings (SSSR count). The van der Waals surface area contributed by atoms with Gasteiger partial charge in [0.1, 0.15) is 0 Å². The Morgan fingerprint density at radius 2 is 1.67 bits per heavy atom. The summed E-state index contributed by atoms with van der Waals surface area (Å²) >= 11 is 5.50. The Kier molecular flexibility index (Phi) is 4.47. The smallest absolute Gasteiger partial charge is 0.166 e. The molecule has 0 aromatic rings. The Bertz CT molecular complexity index is 358. The summed E-state index contributed by atoms with van der Waals surface area (Å²) in [6, 6.07) is 0.519. The first-order valence-corrected chi connectivity index (χ1v) is 9.07. The summed E-state index contributed by atoms with van der Waals surface area (Å²) in [4.78, 5) is 2.18. The molecule has 4 fully saturated rings. The van der Waals surface area contributed by atoms with Crippen LogP contribution in [0, 0.1) is 23.2 Å². The molecule has 2 N–H and O–H groups in total. The lowest BCUT2D eigenvalue weighted by molar-refractivity contribution is -0.0672. The van der Waals surface area contributed by atoms with E-state index in [4.69, 9.17) is 12.2 Å². The minimum Gasteiger partial charge on any atom is -0.361 e. The highest BCUT2D eigenvalue weighted by Crippen LogP contribution is 2.61. The highest BCUT2D eigenvalue weighted by molar-refractivity contribution is 7.80. The van der Waals surface area contributed by atoms with Crippen LogP contribution in [0.1, 0.15) is 45.4 Å². The van der Waals surface area contributed by atoms with E-state index in [0.29, 0.717) is 11.5 Å². The van der Waals surface area contributed by atoms with Gasteiger partial charge in [-0.1, -0.05) is 0 Å². The Balaban J connectivity index is 1.53. The summed E-state index contributed by atoms with van der Waals surface area (Å²) < 4.78 is 0. The zero-order valence-electron chi connectivity index (χ0n) is 13.8. The van der Waals surface area contributed by atoms with Crippen molar-refractivity contribution in [2.45, 2.75) is 51.5 Å². The number of nitrogens with zero attached hydrogens (tertiary/aromatic N) is 1. The van der Waals surface area contributed by atoms with Gasteiger partial charge in [0.15, 0.2) is 5.11 Å². The van der Waals surface area contributed by atoms with Gasteiger partial charge in [-0.05, 0) is 94.9 Å². The lowest BCUT2D eigenvalue weighted by Crippen LogP contribution is -2.57. The van der Waals surface area contributed by atoms with Crippen molar-refractivity contribution in [3.63, 3.8) is 0 Å². The van der Waals surface area contributed by atoms with Crippen LogP contribution in [0.25, 0.3) is 0 Å². The molecule has 4 aliphatic rings. The fourth-order valence-electron chi connectivity index (χ4n) is 5.50. The van der Waals surface area contributed by atoms with E-state index in [1.807, 2.05) is 0 Å². The van der Waals surface area contributed by atoms with E-state index in [1.165, 1.54) is 38.5 Å². The lowest BCUT2D eigenvalue weighted by Gasteiger charge is -2.59. The summed E-state index contributed by atoms with van der Waals surface area (Å²) in [7, 11) is 4.19. The van der Waals surface area contributed by atoms with Crippen molar-refractivity contribution in [3.05, 3.63) is 0 Å². The number of hydrogen-bond acceptors (Lipinski definition) is 2. The molecule has 0 unspecified atom stereocenters. The molecule has 0 spiro atoms. The van der Waals surface area contributed by atoms with Crippen molar-refractivity contribution >= 4 is 17.3 Å². The Morgan fingerprint density at radius 1 is 1.14 bits per heavy atom. The minimum absolute atomic E-state index is 0.519. The van der Waals surface area contributed by atoms with Crippen molar-refractivity contribution in [1.29, 1.82) is 0 Å². The van der Waals surface area contributed by atoms with E-state index in [0.717, 1.165) is 36.0 Å². The fourth-order valence-corrected chi connectivity index (χ4v) is 5.78. The van der Waals surface area contributed by atoms with Gasteiger partial charge in [-0.25, -0.2) is 0 Å². The molecule has 0 aromatic carbocycles. The second kappa shape index (κ2) is 6.04. The molecule has 0 radical (unpaired) electrons. The third-order valence-corrected chi connectivity index (χ3v) is 6.46. The van der Waals surface area contributed by atoms with Crippen molar-refractivity contribution in [2.24, 2.45) is 23.2 Å². The van der Waals surface area contributed by atoms with Crippen molar-refractivity contribution in [2.75, 3.05) is 27.2 Å². The summed E-state index contributed by atoms with van der Waals surface area (Å²) in [5.74, 6) is 3.03. The largest absolute Gasteiger partial charge is 0.361 e. The average molecular weight is 310 g/mol. The van der Waals surface area contributed by atoms with Crippen LogP contribution in [0.2, 0.25) is 0 Å². The van der Waals surface area contributed by atoms with Crippen LogP contribution >= 0.6 is 12.2 Å². The van der Waals surface area contributed by atoms with Gasteiger partial charge in [-0.15, -0.1) is 0 Å². The first-order chi connectivity index (χ1) is 9.97. The first kappa shape index (κ1) is 15.5. The van der Waals surface area contributed by atoms with Crippen LogP contribution in [-0.4, -0.2) is 43.2 Å². The molecule has 4 bridgehead atoms. The topological polar surface area (TPSA) is 27.3 Å². The maximum Gasteiger partial charge on any atom is 0.166 e. The summed E-state index contributed by atoms with van der Waals surface area (Å²) in [5.41, 5.74) is 0.530. The monoisotopic (exact) mass is 309 g/mol. The quantitative estimate of drug-likeness (QED) is 0.764. The van der Waals surface area contributed by atoms with E-state index in [9.17, 15) is 0 Å². The van der Waals surface area contributed by atoms with Crippen LogP contribution in [-0.2, 0) is 0 Å². The van der Waals surface area contributed by atoms with Gasteiger partial charge in [0.05, 0.1) is 0 Å². The molecule has 4 saturated carbocycles. The Labute approximate surface area is 135 Å². The number of hydrogen-bond donors (Lipinski definition) is 2. The number of nitrogens with one attached hydrogen (secondary N) is 2. The standard InChI is InChI=1S/C17H31N3S/c1-12(19-16(21)18-4-5-20(2)3)17-9-13-6-14(10-17)8-15(7-13)11-17/h12-15H,4-11H2,1-3H3,(H2,18,19,21)/t12-,13?,14?,15?,17?/m1/s1. The summed E-state index contributed by atoms with van der Waals surface area (Å²) in [6.07, 6.45) is 8.85. The maximum atomic E-state index is 5.50. The molecule has 0 heterocycles. The normalized spacial score (nSPS) is 38.6. The van der Waals surface area contributed by atoms with Crippen LogP contribution in [0.15, 0.2) is 0 Å². The van der Waals surface area contributed by atoms with Crippen LogP contribution < -0.4 is 10.6 Å². The predicted molar refractivity (Wildman–Crippen MR) is 92.4 cm³/mol. The predicted octanol–water partition coefficient (Wildman–Crippen LogP) is 2.62. The fraction of sp³-hybridized carbons (Fsp3) is 0.941. The molecule has 1 atom stereocenters. The van der Waals surface area contributed by atoms with Gasteiger partial charge in [0.25, 0.3) is 0 Å². The molecule has 0 amide bonds. The van der Waals surface area contributed by atoms with Crippen molar-refractivity contribution < 1.29 is 0 Å². The van der Waals surface area contributed by atoms with E-state index in [1.54, 1.807) is 0 Å². The van der Waals surface area contributed by atoms with Gasteiger partial charge in [-0.3, -0.25) is 0 Å². The Hall–Kier alpha value is -0.350. The highest BCUT2D eigenvalue weighted by Gasteiger charge is 2.53. The van der Waals surface area contributed by atoms with E-state index >= 15 is 0 Å². The van der Waals surface area contributed by atoms with Gasteiger partial charge in [0, 0.05) is 19.1 Å². The molecule has 3 nitrogen and oxygen atoms in total. The van der Waals surface area contributed by atoms with Crippen molar-refractivity contribution in [3.8, 4) is 0 Å². The second-order valence-corrected chi connectivity index (χ2v) is 8.61. The molecule has 0 aliphatic heterocycles. The average Bonchev–Trinajstić information content (AvgIpc) is 2.36. The van der Waals surface area contributed by atoms with E-state index in [2.05, 4.69) is 36.6 Å². The zero-order valence-corrected chi connectivity index (χ0v) is 14.6. The molecular formula is C17H31N3S. The molecule has 21 heavy (non-hydrogen) atoms. The lowest BCUT2D eigenvalue weighted by atomic mass is 9.48. The molecule has 4 aliphatic carbocycles. The molecule has 0 aromatic heterocycles. The number of rotatable bonds is 5. The van der Waals surface area contributed by atoms with Crippen molar-refractivity contribution in [1.82, 2.24) is 15.5 Å².